The third-order valence-corrected chi connectivity index (χ3v) is 3.17. The molecule has 1 rings (SSSR count). The molecule has 0 aliphatic carbocycles. The number of nitrogens with two attached hydrogens (primary N) is 1. The van der Waals surface area contributed by atoms with Gasteiger partial charge in [-0.05, 0) is 0 Å². The van der Waals surface area contributed by atoms with Gasteiger partial charge in [0.25, 0.3) is 0 Å². The van der Waals surface area contributed by atoms with E-state index in [-0.39, 0.29) is 25.2 Å². The highest BCUT2D eigenvalue weighted by molar-refractivity contribution is 5.84. The molecule has 0 aromatic rings. The van der Waals surface area contributed by atoms with Gasteiger partial charge in [0.2, 0.25) is 0 Å². The summed E-state index contributed by atoms with van der Waals surface area (Å²) in [6.45, 7) is -0.578. The Bertz CT molecular complexity index is 515. The van der Waals surface area contributed by atoms with E-state index in [0.29, 0.717) is 0 Å². The van der Waals surface area contributed by atoms with Gasteiger partial charge in [-0.1, -0.05) is 0 Å². The van der Waals surface area contributed by atoms with Crippen molar-refractivity contribution in [2.24, 2.45) is 5.73 Å². The number of ether oxygens (including phenoxy) is 2. The summed E-state index contributed by atoms with van der Waals surface area (Å²) >= 11 is 0. The summed E-state index contributed by atoms with van der Waals surface area (Å²) in [5.74, 6) is -3.74. The number of aliphatic hydroxyl groups excluding tert-OH is 4. The number of aliphatic hydroxyl groups is 4. The number of carbonyl (C=O) groups excluding carboxylic acids is 2. The SMILES string of the molecule is NCC(=O)CCC(=O)OC[C@H]1O[C@H](O)[C@@H](O)[C@@H](O)[C@@H]1O.O=C(O)C(F)(F)F. The number of ketones is 1. The number of aliphatic carboxylic acids is 1. The molecule has 14 heteroatoms. The molecule has 0 saturated carbocycles. The Balaban J connectivity index is 0.000000821. The van der Waals surface area contributed by atoms with E-state index in [0.717, 1.165) is 0 Å². The van der Waals surface area contributed by atoms with Gasteiger partial charge in [0.15, 0.2) is 6.29 Å². The van der Waals surface area contributed by atoms with Gasteiger partial charge >= 0.3 is 18.1 Å². The summed E-state index contributed by atoms with van der Waals surface area (Å²) in [5.41, 5.74) is 5.08. The molecule has 1 aliphatic heterocycles. The van der Waals surface area contributed by atoms with Crippen molar-refractivity contribution in [1.82, 2.24) is 0 Å². The molecule has 7 N–H and O–H groups in total. The Hall–Kier alpha value is -1.84. The van der Waals surface area contributed by atoms with Crippen LogP contribution in [0.3, 0.4) is 0 Å². The van der Waals surface area contributed by atoms with Crippen LogP contribution in [0.4, 0.5) is 13.2 Å². The van der Waals surface area contributed by atoms with Crippen LogP contribution in [0, 0.1) is 0 Å². The first-order chi connectivity index (χ1) is 12.3. The van der Waals surface area contributed by atoms with Crippen molar-refractivity contribution in [2.75, 3.05) is 13.2 Å². The van der Waals surface area contributed by atoms with Crippen molar-refractivity contribution in [1.29, 1.82) is 0 Å². The van der Waals surface area contributed by atoms with E-state index in [2.05, 4.69) is 0 Å². The van der Waals surface area contributed by atoms with Gasteiger partial charge in [-0.3, -0.25) is 9.59 Å². The Labute approximate surface area is 150 Å². The maximum Gasteiger partial charge on any atom is 0.490 e. The van der Waals surface area contributed by atoms with Crippen LogP contribution in [-0.4, -0.2) is 93.3 Å². The third-order valence-electron chi connectivity index (χ3n) is 3.17. The molecule has 0 radical (unpaired) electrons. The number of alkyl halides is 3. The van der Waals surface area contributed by atoms with E-state index in [9.17, 15) is 43.2 Å². The predicted molar refractivity (Wildman–Crippen MR) is 76.8 cm³/mol. The van der Waals surface area contributed by atoms with Gasteiger partial charge in [-0.2, -0.15) is 13.2 Å². The number of carboxylic acids is 1. The number of halogens is 3. The second-order valence-corrected chi connectivity index (χ2v) is 5.27. The summed E-state index contributed by atoms with van der Waals surface area (Å²) in [7, 11) is 0. The first kappa shape index (κ1) is 25.2. The smallest absolute Gasteiger partial charge is 0.475 e. The summed E-state index contributed by atoms with van der Waals surface area (Å²) in [6.07, 6.45) is -12.9. The number of esters is 1. The van der Waals surface area contributed by atoms with Crippen LogP contribution in [0.5, 0.6) is 0 Å². The first-order valence-electron chi connectivity index (χ1n) is 7.36. The number of hydrogen-bond acceptors (Lipinski definition) is 10. The van der Waals surface area contributed by atoms with Gasteiger partial charge in [-0.25, -0.2) is 4.79 Å². The molecule has 1 fully saturated rings. The molecule has 11 nitrogen and oxygen atoms in total. The summed E-state index contributed by atoms with van der Waals surface area (Å²) in [5, 5.41) is 44.6. The van der Waals surface area contributed by atoms with Crippen molar-refractivity contribution < 1.29 is 62.6 Å². The van der Waals surface area contributed by atoms with Gasteiger partial charge < -0.3 is 40.7 Å². The minimum absolute atomic E-state index is 0.0482. The Kier molecular flexibility index (Phi) is 10.3. The lowest BCUT2D eigenvalue weighted by Crippen LogP contribution is -2.58. The molecule has 1 heterocycles. The molecule has 0 bridgehead atoms. The number of Topliss-reactive ketones (excluding diaryl/α,β-unsaturated/α-hetero) is 1. The lowest BCUT2D eigenvalue weighted by molar-refractivity contribution is -0.287. The summed E-state index contributed by atoms with van der Waals surface area (Å²) in [4.78, 5) is 31.1. The fourth-order valence-electron chi connectivity index (χ4n) is 1.66. The lowest BCUT2D eigenvalue weighted by Gasteiger charge is -2.37. The molecular formula is C13H20F3NO10. The second kappa shape index (κ2) is 11.1. The molecule has 1 aliphatic rings. The minimum atomic E-state index is -5.08. The molecular weight excluding hydrogens is 387 g/mol. The Morgan fingerprint density at radius 1 is 1.00 bits per heavy atom. The van der Waals surface area contributed by atoms with Gasteiger partial charge in [-0.15, -0.1) is 0 Å². The van der Waals surface area contributed by atoms with Crippen LogP contribution in [0.25, 0.3) is 0 Å². The zero-order valence-electron chi connectivity index (χ0n) is 13.7. The van der Waals surface area contributed by atoms with Gasteiger partial charge in [0.05, 0.1) is 13.0 Å². The molecule has 5 atom stereocenters. The molecule has 0 aromatic heterocycles. The minimum Gasteiger partial charge on any atom is -0.475 e. The predicted octanol–water partition coefficient (Wildman–Crippen LogP) is -2.73. The van der Waals surface area contributed by atoms with Crippen molar-refractivity contribution in [2.45, 2.75) is 49.7 Å². The zero-order chi connectivity index (χ0) is 21.4. The average Bonchev–Trinajstić information content (AvgIpc) is 2.59. The average molecular weight is 407 g/mol. The Morgan fingerprint density at radius 3 is 1.96 bits per heavy atom. The van der Waals surface area contributed by atoms with Crippen LogP contribution < -0.4 is 5.73 Å². The van der Waals surface area contributed by atoms with Crippen LogP contribution in [0.2, 0.25) is 0 Å². The third kappa shape index (κ3) is 9.07. The quantitative estimate of drug-likeness (QED) is 0.250. The van der Waals surface area contributed by atoms with E-state index in [1.54, 1.807) is 0 Å². The van der Waals surface area contributed by atoms with Crippen LogP contribution in [0.1, 0.15) is 12.8 Å². The van der Waals surface area contributed by atoms with Crippen molar-refractivity contribution >= 4 is 17.7 Å². The highest BCUT2D eigenvalue weighted by Gasteiger charge is 2.43. The molecule has 0 spiro atoms. The molecule has 158 valence electrons. The van der Waals surface area contributed by atoms with Crippen LogP contribution in [-0.2, 0) is 23.9 Å². The van der Waals surface area contributed by atoms with Crippen LogP contribution >= 0.6 is 0 Å². The number of carbonyl (C=O) groups is 3. The molecule has 0 unspecified atom stereocenters. The summed E-state index contributed by atoms with van der Waals surface area (Å²) in [6, 6.07) is 0. The topological polar surface area (TPSA) is 197 Å². The largest absolute Gasteiger partial charge is 0.490 e. The maximum absolute atomic E-state index is 11.3. The Morgan fingerprint density at radius 2 is 1.52 bits per heavy atom. The number of carboxylic acid groups (broad SMARTS) is 1. The summed E-state index contributed by atoms with van der Waals surface area (Å²) < 4.78 is 41.3. The van der Waals surface area contributed by atoms with Crippen molar-refractivity contribution in [3.8, 4) is 0 Å². The monoisotopic (exact) mass is 407 g/mol. The first-order valence-corrected chi connectivity index (χ1v) is 7.36. The maximum atomic E-state index is 11.3. The fraction of sp³-hybridized carbons (Fsp3) is 0.769. The van der Waals surface area contributed by atoms with Crippen LogP contribution in [0.15, 0.2) is 0 Å². The standard InChI is InChI=1S/C11H19NO8.C2HF3O2/c12-3-5(13)1-2-7(14)19-4-6-8(15)9(16)10(17)11(18)20-6;3-2(4,5)1(6)7/h6,8-11,15-18H,1-4,12H2;(H,6,7)/t6-,8-,9+,10+,11+;/m1./s1. The van der Waals surface area contributed by atoms with Gasteiger partial charge in [0, 0.05) is 6.42 Å². The second-order valence-electron chi connectivity index (χ2n) is 5.27. The number of hydrogen-bond donors (Lipinski definition) is 6. The van der Waals surface area contributed by atoms with Gasteiger partial charge in [0.1, 0.15) is 36.8 Å². The van der Waals surface area contributed by atoms with E-state index < -0.39 is 55.4 Å². The lowest BCUT2D eigenvalue weighted by atomic mass is 9.99. The molecule has 0 amide bonds. The molecule has 27 heavy (non-hydrogen) atoms. The highest BCUT2D eigenvalue weighted by Crippen LogP contribution is 2.20. The zero-order valence-corrected chi connectivity index (χ0v) is 13.7. The van der Waals surface area contributed by atoms with E-state index in [4.69, 9.17) is 25.1 Å². The highest BCUT2D eigenvalue weighted by atomic mass is 19.4. The molecule has 1 saturated heterocycles. The fourth-order valence-corrected chi connectivity index (χ4v) is 1.66. The van der Waals surface area contributed by atoms with Crippen molar-refractivity contribution in [3.63, 3.8) is 0 Å². The number of rotatable bonds is 6. The molecule has 0 aromatic carbocycles. The van der Waals surface area contributed by atoms with Crippen molar-refractivity contribution in [3.05, 3.63) is 0 Å². The van der Waals surface area contributed by atoms with E-state index in [1.807, 2.05) is 0 Å². The van der Waals surface area contributed by atoms with E-state index in [1.165, 1.54) is 0 Å². The normalized spacial score (nSPS) is 27.9. The van der Waals surface area contributed by atoms with E-state index >= 15 is 0 Å².